The lowest BCUT2D eigenvalue weighted by molar-refractivity contribution is -0.384. The average Bonchev–Trinajstić information content (AvgIpc) is 2.46. The molecule has 0 aliphatic carbocycles. The molecule has 0 bridgehead atoms. The Labute approximate surface area is 119 Å². The van der Waals surface area contributed by atoms with E-state index in [0.717, 1.165) is 37.5 Å². The number of hydrogen-bond acceptors (Lipinski definition) is 4. The molecule has 1 aliphatic rings. The van der Waals surface area contributed by atoms with Crippen LogP contribution >= 0.6 is 0 Å². The van der Waals surface area contributed by atoms with Gasteiger partial charge in [0.25, 0.3) is 5.69 Å². The van der Waals surface area contributed by atoms with Gasteiger partial charge >= 0.3 is 0 Å². The van der Waals surface area contributed by atoms with E-state index in [2.05, 4.69) is 18.7 Å². The summed E-state index contributed by atoms with van der Waals surface area (Å²) in [5.74, 6) is 1.45. The Bertz CT molecular complexity index is 480. The summed E-state index contributed by atoms with van der Waals surface area (Å²) in [6.07, 6.45) is 2.28. The molecule has 1 fully saturated rings. The second-order valence-corrected chi connectivity index (χ2v) is 5.80. The minimum atomic E-state index is -0.423. The molecule has 0 unspecified atom stereocenters. The zero-order valence-corrected chi connectivity index (χ0v) is 12.1. The fourth-order valence-corrected chi connectivity index (χ4v) is 2.93. The summed E-state index contributed by atoms with van der Waals surface area (Å²) < 4.78 is 0. The van der Waals surface area contributed by atoms with Crippen LogP contribution in [0.1, 0.15) is 32.3 Å². The van der Waals surface area contributed by atoms with Gasteiger partial charge in [0, 0.05) is 36.5 Å². The third kappa shape index (κ3) is 3.10. The molecule has 0 aromatic heterocycles. The highest BCUT2D eigenvalue weighted by atomic mass is 16.6. The van der Waals surface area contributed by atoms with Crippen molar-refractivity contribution in [2.75, 3.05) is 18.0 Å². The van der Waals surface area contributed by atoms with E-state index in [1.165, 1.54) is 12.1 Å². The molecule has 0 amide bonds. The minimum Gasteiger partial charge on any atom is -0.392 e. The Kier molecular flexibility index (Phi) is 4.60. The third-order valence-corrected chi connectivity index (χ3v) is 4.27. The van der Waals surface area contributed by atoms with E-state index in [0.29, 0.717) is 11.5 Å². The van der Waals surface area contributed by atoms with Crippen molar-refractivity contribution in [2.24, 2.45) is 11.8 Å². The summed E-state index contributed by atoms with van der Waals surface area (Å²) >= 11 is 0. The Morgan fingerprint density at radius 1 is 1.40 bits per heavy atom. The van der Waals surface area contributed by atoms with Gasteiger partial charge in [0.15, 0.2) is 0 Å². The largest absolute Gasteiger partial charge is 0.392 e. The van der Waals surface area contributed by atoms with Crippen molar-refractivity contribution in [3.63, 3.8) is 0 Å². The van der Waals surface area contributed by atoms with Crippen molar-refractivity contribution in [3.8, 4) is 0 Å². The molecule has 0 atom stereocenters. The lowest BCUT2D eigenvalue weighted by Crippen LogP contribution is -2.35. The minimum absolute atomic E-state index is 0.0369. The summed E-state index contributed by atoms with van der Waals surface area (Å²) in [5, 5.41) is 20.2. The number of benzene rings is 1. The van der Waals surface area contributed by atoms with Gasteiger partial charge in [0.1, 0.15) is 0 Å². The first-order valence-electron chi connectivity index (χ1n) is 7.16. The summed E-state index contributed by atoms with van der Waals surface area (Å²) in [6.45, 7) is 6.25. The van der Waals surface area contributed by atoms with Gasteiger partial charge in [-0.2, -0.15) is 0 Å². The molecule has 5 heteroatoms. The zero-order chi connectivity index (χ0) is 14.7. The number of anilines is 1. The molecule has 1 heterocycles. The number of piperidine rings is 1. The van der Waals surface area contributed by atoms with Crippen LogP contribution in [0.25, 0.3) is 0 Å². The molecule has 2 rings (SSSR count). The van der Waals surface area contributed by atoms with Crippen molar-refractivity contribution in [1.29, 1.82) is 0 Å². The van der Waals surface area contributed by atoms with E-state index in [9.17, 15) is 15.2 Å². The number of non-ortho nitro benzene ring substituents is 1. The van der Waals surface area contributed by atoms with Gasteiger partial charge in [0.05, 0.1) is 11.5 Å². The molecule has 0 spiro atoms. The molecule has 1 N–H and O–H groups in total. The van der Waals surface area contributed by atoms with Crippen LogP contribution in [-0.2, 0) is 6.61 Å². The first kappa shape index (κ1) is 14.8. The maximum absolute atomic E-state index is 10.8. The fraction of sp³-hybridized carbons (Fsp3) is 0.600. The van der Waals surface area contributed by atoms with Crippen LogP contribution in [0.5, 0.6) is 0 Å². The number of nitro benzene ring substituents is 1. The van der Waals surface area contributed by atoms with Crippen LogP contribution in [0.2, 0.25) is 0 Å². The summed E-state index contributed by atoms with van der Waals surface area (Å²) in [6, 6.07) is 4.76. The van der Waals surface area contributed by atoms with E-state index in [4.69, 9.17) is 0 Å². The van der Waals surface area contributed by atoms with Gasteiger partial charge in [-0.3, -0.25) is 10.1 Å². The highest BCUT2D eigenvalue weighted by Crippen LogP contribution is 2.31. The van der Waals surface area contributed by atoms with Crippen molar-refractivity contribution < 1.29 is 10.0 Å². The number of aliphatic hydroxyl groups excluding tert-OH is 1. The molecule has 0 saturated carbocycles. The van der Waals surface area contributed by atoms with Crippen LogP contribution < -0.4 is 4.90 Å². The quantitative estimate of drug-likeness (QED) is 0.679. The first-order valence-corrected chi connectivity index (χ1v) is 7.16. The SMILES string of the molecule is CC(C)C1CCN(c2ccc([N+](=O)[O-])cc2CO)CC1. The Morgan fingerprint density at radius 2 is 2.05 bits per heavy atom. The molecule has 1 aromatic carbocycles. The topological polar surface area (TPSA) is 66.6 Å². The van der Waals surface area contributed by atoms with Crippen LogP contribution in [0, 0.1) is 22.0 Å². The van der Waals surface area contributed by atoms with Crippen LogP contribution in [0.15, 0.2) is 18.2 Å². The molecule has 20 heavy (non-hydrogen) atoms. The van der Waals surface area contributed by atoms with Crippen LogP contribution in [-0.4, -0.2) is 23.1 Å². The average molecular weight is 278 g/mol. The smallest absolute Gasteiger partial charge is 0.269 e. The van der Waals surface area contributed by atoms with Gasteiger partial charge < -0.3 is 10.0 Å². The first-order chi connectivity index (χ1) is 9.52. The van der Waals surface area contributed by atoms with Crippen molar-refractivity contribution >= 4 is 11.4 Å². The van der Waals surface area contributed by atoms with Gasteiger partial charge in [-0.25, -0.2) is 0 Å². The van der Waals surface area contributed by atoms with Crippen LogP contribution in [0.4, 0.5) is 11.4 Å². The molecule has 5 nitrogen and oxygen atoms in total. The Hall–Kier alpha value is -1.62. The number of nitrogens with zero attached hydrogens (tertiary/aromatic N) is 2. The van der Waals surface area contributed by atoms with Crippen LogP contribution in [0.3, 0.4) is 0 Å². The van der Waals surface area contributed by atoms with E-state index in [1.807, 2.05) is 0 Å². The predicted octanol–water partition coefficient (Wildman–Crippen LogP) is 2.96. The third-order valence-electron chi connectivity index (χ3n) is 4.27. The van der Waals surface area contributed by atoms with E-state index in [-0.39, 0.29) is 12.3 Å². The number of aliphatic hydroxyl groups is 1. The Morgan fingerprint density at radius 3 is 2.55 bits per heavy atom. The second kappa shape index (κ2) is 6.22. The summed E-state index contributed by atoms with van der Waals surface area (Å²) in [7, 11) is 0. The fourth-order valence-electron chi connectivity index (χ4n) is 2.93. The molecule has 1 saturated heterocycles. The van der Waals surface area contributed by atoms with Gasteiger partial charge in [-0.05, 0) is 30.7 Å². The normalized spacial score (nSPS) is 16.7. The monoisotopic (exact) mass is 278 g/mol. The molecule has 1 aliphatic heterocycles. The van der Waals surface area contributed by atoms with Crippen molar-refractivity contribution in [2.45, 2.75) is 33.3 Å². The van der Waals surface area contributed by atoms with E-state index < -0.39 is 4.92 Å². The predicted molar refractivity (Wildman–Crippen MR) is 78.8 cm³/mol. The lowest BCUT2D eigenvalue weighted by Gasteiger charge is -2.36. The summed E-state index contributed by atoms with van der Waals surface area (Å²) in [4.78, 5) is 12.6. The van der Waals surface area contributed by atoms with E-state index in [1.54, 1.807) is 6.07 Å². The van der Waals surface area contributed by atoms with Crippen molar-refractivity contribution in [3.05, 3.63) is 33.9 Å². The highest BCUT2D eigenvalue weighted by Gasteiger charge is 2.23. The van der Waals surface area contributed by atoms with Gasteiger partial charge in [-0.15, -0.1) is 0 Å². The van der Waals surface area contributed by atoms with Gasteiger partial charge in [0.2, 0.25) is 0 Å². The molecule has 110 valence electrons. The maximum atomic E-state index is 10.8. The summed E-state index contributed by atoms with van der Waals surface area (Å²) in [5.41, 5.74) is 1.61. The highest BCUT2D eigenvalue weighted by molar-refractivity contribution is 5.58. The molecular weight excluding hydrogens is 256 g/mol. The van der Waals surface area contributed by atoms with Crippen molar-refractivity contribution in [1.82, 2.24) is 0 Å². The standard InChI is InChI=1S/C15H22N2O3/c1-11(2)12-5-7-16(8-6-12)15-4-3-14(17(19)20)9-13(15)10-18/h3-4,9,11-12,18H,5-8,10H2,1-2H3. The lowest BCUT2D eigenvalue weighted by atomic mass is 9.86. The zero-order valence-electron chi connectivity index (χ0n) is 12.1. The number of rotatable bonds is 4. The number of hydrogen-bond donors (Lipinski definition) is 1. The molecule has 1 aromatic rings. The maximum Gasteiger partial charge on any atom is 0.269 e. The second-order valence-electron chi connectivity index (χ2n) is 5.80. The molecule has 0 radical (unpaired) electrons. The number of nitro groups is 1. The van der Waals surface area contributed by atoms with Gasteiger partial charge in [-0.1, -0.05) is 13.8 Å². The Balaban J connectivity index is 2.15. The van der Waals surface area contributed by atoms with E-state index >= 15 is 0 Å². The molecular formula is C15H22N2O3.